The minimum absolute atomic E-state index is 0.0855. The van der Waals surface area contributed by atoms with Gasteiger partial charge in [-0.15, -0.1) is 0 Å². The molecule has 0 aromatic carbocycles. The average molecular weight is 222 g/mol. The Bertz CT molecular complexity index is 327. The molecule has 0 radical (unpaired) electrons. The second-order valence-electron chi connectivity index (χ2n) is 4.44. The smallest absolute Gasteiger partial charge is 0.223 e. The number of aliphatic hydroxyl groups excluding tert-OH is 1. The van der Waals surface area contributed by atoms with Gasteiger partial charge in [0, 0.05) is 24.9 Å². The van der Waals surface area contributed by atoms with Gasteiger partial charge in [0.25, 0.3) is 0 Å². The van der Waals surface area contributed by atoms with Gasteiger partial charge in [0.05, 0.1) is 6.10 Å². The molecule has 1 saturated carbocycles. The summed E-state index contributed by atoms with van der Waals surface area (Å²) < 4.78 is 0. The van der Waals surface area contributed by atoms with Gasteiger partial charge in [-0.25, -0.2) is 0 Å². The Hall–Kier alpha value is -1.29. The number of nitrogens with one attached hydrogen (secondary N) is 2. The van der Waals surface area contributed by atoms with E-state index in [0.717, 1.165) is 31.2 Å². The third-order valence-electron chi connectivity index (χ3n) is 3.20. The number of aromatic amines is 1. The van der Waals surface area contributed by atoms with Crippen LogP contribution in [0.3, 0.4) is 0 Å². The molecule has 0 saturated heterocycles. The second-order valence-corrected chi connectivity index (χ2v) is 4.44. The summed E-state index contributed by atoms with van der Waals surface area (Å²) in [6, 6.07) is 1.95. The van der Waals surface area contributed by atoms with Gasteiger partial charge in [-0.1, -0.05) is 0 Å². The lowest BCUT2D eigenvalue weighted by molar-refractivity contribution is -0.126. The van der Waals surface area contributed by atoms with Gasteiger partial charge >= 0.3 is 0 Å². The van der Waals surface area contributed by atoms with Crippen LogP contribution in [0.5, 0.6) is 0 Å². The predicted molar refractivity (Wildman–Crippen MR) is 60.6 cm³/mol. The monoisotopic (exact) mass is 222 g/mol. The number of aliphatic hydroxyl groups is 1. The normalized spacial score (nSPS) is 25.3. The van der Waals surface area contributed by atoms with Crippen LogP contribution in [0, 0.1) is 5.92 Å². The number of hydrogen-bond acceptors (Lipinski definition) is 2. The number of aromatic nitrogens is 1. The van der Waals surface area contributed by atoms with Crippen molar-refractivity contribution in [2.75, 3.05) is 0 Å². The van der Waals surface area contributed by atoms with Crippen molar-refractivity contribution >= 4 is 5.91 Å². The fourth-order valence-corrected chi connectivity index (χ4v) is 2.14. The number of amides is 1. The van der Waals surface area contributed by atoms with Gasteiger partial charge in [-0.05, 0) is 37.3 Å². The maximum atomic E-state index is 11.8. The zero-order valence-corrected chi connectivity index (χ0v) is 9.28. The van der Waals surface area contributed by atoms with Crippen molar-refractivity contribution in [1.29, 1.82) is 0 Å². The summed E-state index contributed by atoms with van der Waals surface area (Å²) in [5.41, 5.74) is 1.09. The van der Waals surface area contributed by atoms with Crippen molar-refractivity contribution in [2.45, 2.75) is 38.3 Å². The molecule has 0 unspecified atom stereocenters. The third-order valence-corrected chi connectivity index (χ3v) is 3.20. The van der Waals surface area contributed by atoms with E-state index < -0.39 is 0 Å². The Labute approximate surface area is 95.1 Å². The average Bonchev–Trinajstić information content (AvgIpc) is 2.80. The zero-order valence-electron chi connectivity index (χ0n) is 9.28. The molecule has 1 aromatic rings. The van der Waals surface area contributed by atoms with Crippen LogP contribution in [0.4, 0.5) is 0 Å². The number of carbonyl (C=O) groups excluding carboxylic acids is 1. The van der Waals surface area contributed by atoms with E-state index in [9.17, 15) is 9.90 Å². The molecule has 1 heterocycles. The summed E-state index contributed by atoms with van der Waals surface area (Å²) in [7, 11) is 0. The lowest BCUT2D eigenvalue weighted by Crippen LogP contribution is -2.33. The van der Waals surface area contributed by atoms with E-state index in [-0.39, 0.29) is 17.9 Å². The van der Waals surface area contributed by atoms with Gasteiger partial charge in [0.2, 0.25) is 5.91 Å². The SMILES string of the molecule is O=C(NCc1cc[nH]c1)C1CCC(O)CC1. The standard InChI is InChI=1S/C12H18N2O2/c15-11-3-1-10(2-4-11)12(16)14-8-9-5-6-13-7-9/h5-7,10-11,13,15H,1-4,8H2,(H,14,16). The fraction of sp³-hybridized carbons (Fsp3) is 0.583. The highest BCUT2D eigenvalue weighted by molar-refractivity contribution is 5.78. The molecule has 16 heavy (non-hydrogen) atoms. The molecule has 4 heteroatoms. The molecule has 3 N–H and O–H groups in total. The lowest BCUT2D eigenvalue weighted by Gasteiger charge is -2.24. The molecular formula is C12H18N2O2. The molecule has 0 atom stereocenters. The van der Waals surface area contributed by atoms with E-state index in [4.69, 9.17) is 0 Å². The highest BCUT2D eigenvalue weighted by Crippen LogP contribution is 2.24. The van der Waals surface area contributed by atoms with Crippen molar-refractivity contribution in [2.24, 2.45) is 5.92 Å². The highest BCUT2D eigenvalue weighted by atomic mass is 16.3. The second kappa shape index (κ2) is 5.16. The van der Waals surface area contributed by atoms with Crippen LogP contribution in [0.25, 0.3) is 0 Å². The molecule has 1 aliphatic carbocycles. The van der Waals surface area contributed by atoms with Crippen LogP contribution in [0.1, 0.15) is 31.2 Å². The lowest BCUT2D eigenvalue weighted by atomic mass is 9.87. The largest absolute Gasteiger partial charge is 0.393 e. The van der Waals surface area contributed by atoms with Crippen molar-refractivity contribution in [3.63, 3.8) is 0 Å². The zero-order chi connectivity index (χ0) is 11.4. The van der Waals surface area contributed by atoms with Crippen LogP contribution in [-0.2, 0) is 11.3 Å². The first kappa shape index (κ1) is 11.2. The molecule has 1 amide bonds. The number of carbonyl (C=O) groups is 1. The third kappa shape index (κ3) is 2.85. The van der Waals surface area contributed by atoms with Crippen LogP contribution >= 0.6 is 0 Å². The van der Waals surface area contributed by atoms with E-state index in [0.29, 0.717) is 6.54 Å². The number of rotatable bonds is 3. The van der Waals surface area contributed by atoms with Crippen molar-refractivity contribution in [3.8, 4) is 0 Å². The number of hydrogen-bond donors (Lipinski definition) is 3. The molecule has 4 nitrogen and oxygen atoms in total. The molecule has 0 bridgehead atoms. The van der Waals surface area contributed by atoms with Gasteiger partial charge in [-0.3, -0.25) is 4.79 Å². The Morgan fingerprint density at radius 3 is 2.81 bits per heavy atom. The van der Waals surface area contributed by atoms with Crippen LogP contribution in [0.15, 0.2) is 18.5 Å². The molecule has 1 aromatic heterocycles. The molecule has 0 aliphatic heterocycles. The van der Waals surface area contributed by atoms with E-state index in [1.165, 1.54) is 0 Å². The topological polar surface area (TPSA) is 65.1 Å². The maximum Gasteiger partial charge on any atom is 0.223 e. The summed E-state index contributed by atoms with van der Waals surface area (Å²) in [5, 5.41) is 12.3. The molecule has 88 valence electrons. The Morgan fingerprint density at radius 1 is 1.44 bits per heavy atom. The van der Waals surface area contributed by atoms with Gasteiger partial charge in [-0.2, -0.15) is 0 Å². The molecular weight excluding hydrogens is 204 g/mol. The molecule has 0 spiro atoms. The van der Waals surface area contributed by atoms with E-state index in [1.54, 1.807) is 0 Å². The first-order valence-electron chi connectivity index (χ1n) is 5.83. The summed E-state index contributed by atoms with van der Waals surface area (Å²) in [4.78, 5) is 14.8. The highest BCUT2D eigenvalue weighted by Gasteiger charge is 2.24. The Balaban J connectivity index is 1.75. The first-order chi connectivity index (χ1) is 7.75. The molecule has 1 aliphatic rings. The van der Waals surface area contributed by atoms with Gasteiger partial charge in [0.15, 0.2) is 0 Å². The van der Waals surface area contributed by atoms with Crippen molar-refractivity contribution < 1.29 is 9.90 Å². The number of H-pyrrole nitrogens is 1. The summed E-state index contributed by atoms with van der Waals surface area (Å²) >= 11 is 0. The van der Waals surface area contributed by atoms with E-state index in [1.807, 2.05) is 18.5 Å². The Kier molecular flexibility index (Phi) is 3.62. The maximum absolute atomic E-state index is 11.8. The van der Waals surface area contributed by atoms with Gasteiger partial charge < -0.3 is 15.4 Å². The fourth-order valence-electron chi connectivity index (χ4n) is 2.14. The van der Waals surface area contributed by atoms with Crippen LogP contribution in [0.2, 0.25) is 0 Å². The Morgan fingerprint density at radius 2 is 2.19 bits per heavy atom. The quantitative estimate of drug-likeness (QED) is 0.719. The molecule has 2 rings (SSSR count). The first-order valence-corrected chi connectivity index (χ1v) is 5.83. The van der Waals surface area contributed by atoms with E-state index >= 15 is 0 Å². The predicted octanol–water partition coefficient (Wildman–Crippen LogP) is 1.18. The summed E-state index contributed by atoms with van der Waals surface area (Å²) in [6.45, 7) is 0.585. The van der Waals surface area contributed by atoms with Crippen molar-refractivity contribution in [1.82, 2.24) is 10.3 Å². The summed E-state index contributed by atoms with van der Waals surface area (Å²) in [6.07, 6.45) is 6.64. The van der Waals surface area contributed by atoms with Crippen LogP contribution in [-0.4, -0.2) is 22.1 Å². The van der Waals surface area contributed by atoms with Crippen molar-refractivity contribution in [3.05, 3.63) is 24.0 Å². The minimum Gasteiger partial charge on any atom is -0.393 e. The summed E-state index contributed by atoms with van der Waals surface area (Å²) in [5.74, 6) is 0.204. The minimum atomic E-state index is -0.200. The van der Waals surface area contributed by atoms with Crippen LogP contribution < -0.4 is 5.32 Å². The molecule has 1 fully saturated rings. The van der Waals surface area contributed by atoms with E-state index in [2.05, 4.69) is 10.3 Å². The van der Waals surface area contributed by atoms with Gasteiger partial charge in [0.1, 0.15) is 0 Å².